The predicted molar refractivity (Wildman–Crippen MR) is 55.3 cm³/mol. The van der Waals surface area contributed by atoms with E-state index in [2.05, 4.69) is 10.8 Å². The van der Waals surface area contributed by atoms with Gasteiger partial charge in [0.25, 0.3) is 0 Å². The van der Waals surface area contributed by atoms with Crippen LogP contribution in [0.15, 0.2) is 12.1 Å². The van der Waals surface area contributed by atoms with Gasteiger partial charge in [-0.2, -0.15) is 5.26 Å². The van der Waals surface area contributed by atoms with Crippen molar-refractivity contribution in [2.45, 2.75) is 11.8 Å². The van der Waals surface area contributed by atoms with E-state index in [1.807, 2.05) is 6.07 Å². The smallest absolute Gasteiger partial charge is 0.324 e. The highest BCUT2D eigenvalue weighted by atomic mass is 35.5. The second kappa shape index (κ2) is 5.47. The number of alkyl halides is 1. The maximum absolute atomic E-state index is 12.8. The van der Waals surface area contributed by atoms with Crippen LogP contribution in [0.25, 0.3) is 0 Å². The third-order valence-electron chi connectivity index (χ3n) is 1.98. The molecule has 0 fully saturated rings. The van der Waals surface area contributed by atoms with Crippen LogP contribution in [0.2, 0.25) is 0 Å². The molecule has 1 unspecified atom stereocenters. The molecule has 5 heteroatoms. The van der Waals surface area contributed by atoms with E-state index < -0.39 is 17.2 Å². The molecule has 1 radical (unpaired) electrons. The third-order valence-corrected chi connectivity index (χ3v) is 2.31. The average Bonchev–Trinajstić information content (AvgIpc) is 2.30. The maximum atomic E-state index is 12.8. The van der Waals surface area contributed by atoms with E-state index in [9.17, 15) is 9.18 Å². The summed E-state index contributed by atoms with van der Waals surface area (Å²) < 4.78 is 17.2. The second-order valence-electron chi connectivity index (χ2n) is 3.03. The highest BCUT2D eigenvalue weighted by Gasteiger charge is 2.18. The number of carbonyl (C=O) groups excluding carboxylic acids is 1. The van der Waals surface area contributed by atoms with Crippen LogP contribution in [0.3, 0.4) is 0 Å². The minimum Gasteiger partial charge on any atom is -0.468 e. The van der Waals surface area contributed by atoms with Crippen molar-refractivity contribution >= 4 is 17.6 Å². The Hall–Kier alpha value is -1.60. The number of methoxy groups -OCH3 is 1. The summed E-state index contributed by atoms with van der Waals surface area (Å²) in [4.78, 5) is 11.1. The molecular weight excluding hydrogens is 233 g/mol. The zero-order valence-corrected chi connectivity index (χ0v) is 9.21. The Bertz CT molecular complexity index is 442. The molecule has 1 atom stereocenters. The molecule has 83 valence electrons. The predicted octanol–water partition coefficient (Wildman–Crippen LogP) is 1.82. The van der Waals surface area contributed by atoms with Gasteiger partial charge in [-0.05, 0) is 17.7 Å². The molecule has 0 heterocycles. The van der Waals surface area contributed by atoms with Crippen LogP contribution in [0.4, 0.5) is 4.39 Å². The number of nitriles is 1. The summed E-state index contributed by atoms with van der Waals surface area (Å²) in [5, 5.41) is 7.87. The van der Waals surface area contributed by atoms with Crippen molar-refractivity contribution in [3.63, 3.8) is 0 Å². The van der Waals surface area contributed by atoms with Crippen LogP contribution in [0, 0.1) is 23.2 Å². The third kappa shape index (κ3) is 2.94. The Morgan fingerprint density at radius 2 is 2.50 bits per heavy atom. The monoisotopic (exact) mass is 240 g/mol. The number of hydrogen-bond acceptors (Lipinski definition) is 3. The van der Waals surface area contributed by atoms with Gasteiger partial charge in [0.05, 0.1) is 18.7 Å². The van der Waals surface area contributed by atoms with Gasteiger partial charge in [-0.25, -0.2) is 4.39 Å². The molecule has 1 aromatic carbocycles. The first-order valence-corrected chi connectivity index (χ1v) is 4.84. The molecule has 0 aliphatic carbocycles. The summed E-state index contributed by atoms with van der Waals surface area (Å²) in [7, 11) is 1.22. The van der Waals surface area contributed by atoms with Crippen LogP contribution < -0.4 is 0 Å². The van der Waals surface area contributed by atoms with Gasteiger partial charge in [0, 0.05) is 12.5 Å². The fourth-order valence-electron chi connectivity index (χ4n) is 1.17. The van der Waals surface area contributed by atoms with Gasteiger partial charge in [0.15, 0.2) is 0 Å². The zero-order valence-electron chi connectivity index (χ0n) is 8.46. The molecule has 0 bridgehead atoms. The first-order valence-electron chi connectivity index (χ1n) is 4.40. The van der Waals surface area contributed by atoms with Gasteiger partial charge < -0.3 is 4.74 Å². The van der Waals surface area contributed by atoms with E-state index in [0.29, 0.717) is 5.56 Å². The molecule has 0 amide bonds. The van der Waals surface area contributed by atoms with Gasteiger partial charge in [0.1, 0.15) is 11.2 Å². The molecule has 1 aromatic rings. The van der Waals surface area contributed by atoms with Crippen molar-refractivity contribution < 1.29 is 13.9 Å². The molecule has 0 saturated heterocycles. The molecule has 0 aliphatic rings. The fraction of sp³-hybridized carbons (Fsp3) is 0.273. The van der Waals surface area contributed by atoms with Crippen molar-refractivity contribution in [2.24, 2.45) is 0 Å². The molecule has 0 saturated carbocycles. The molecule has 0 N–H and O–H groups in total. The molecular formula is C11H8ClFNO2. The lowest BCUT2D eigenvalue weighted by Crippen LogP contribution is -2.19. The Balaban J connectivity index is 2.90. The minimum atomic E-state index is -0.893. The number of nitrogens with zero attached hydrogens (tertiary/aromatic N) is 1. The van der Waals surface area contributed by atoms with Crippen molar-refractivity contribution in [1.29, 1.82) is 5.26 Å². The topological polar surface area (TPSA) is 50.1 Å². The maximum Gasteiger partial charge on any atom is 0.324 e. The van der Waals surface area contributed by atoms with Crippen LogP contribution in [-0.2, 0) is 16.0 Å². The summed E-state index contributed by atoms with van der Waals surface area (Å²) in [5.41, 5.74) is 0.611. The van der Waals surface area contributed by atoms with Crippen molar-refractivity contribution in [1.82, 2.24) is 0 Å². The Labute approximate surface area is 97.4 Å². The van der Waals surface area contributed by atoms with E-state index in [4.69, 9.17) is 16.9 Å². The number of esters is 1. The van der Waals surface area contributed by atoms with Crippen molar-refractivity contribution in [2.75, 3.05) is 7.11 Å². The molecule has 16 heavy (non-hydrogen) atoms. The highest BCUT2D eigenvalue weighted by Crippen LogP contribution is 2.15. The van der Waals surface area contributed by atoms with Crippen LogP contribution in [0.5, 0.6) is 0 Å². The first kappa shape index (κ1) is 12.5. The molecule has 0 spiro atoms. The first-order chi connectivity index (χ1) is 7.58. The molecule has 0 aromatic heterocycles. The molecule has 1 rings (SSSR count). The second-order valence-corrected chi connectivity index (χ2v) is 3.55. The lowest BCUT2D eigenvalue weighted by atomic mass is 10.0. The summed E-state index contributed by atoms with van der Waals surface area (Å²) in [6.07, 6.45) is 0.105. The van der Waals surface area contributed by atoms with Gasteiger partial charge in [-0.3, -0.25) is 4.79 Å². The largest absolute Gasteiger partial charge is 0.468 e. The summed E-state index contributed by atoms with van der Waals surface area (Å²) in [6.45, 7) is 0. The van der Waals surface area contributed by atoms with Gasteiger partial charge >= 0.3 is 5.97 Å². The summed E-state index contributed by atoms with van der Waals surface area (Å²) >= 11 is 5.74. The Morgan fingerprint density at radius 3 is 3.06 bits per heavy atom. The van der Waals surface area contributed by atoms with E-state index in [1.54, 1.807) is 0 Å². The Kier molecular flexibility index (Phi) is 4.27. The summed E-state index contributed by atoms with van der Waals surface area (Å²) in [6, 6.07) is 6.50. The molecule has 0 aliphatic heterocycles. The van der Waals surface area contributed by atoms with E-state index in [1.165, 1.54) is 13.2 Å². The van der Waals surface area contributed by atoms with E-state index >= 15 is 0 Å². The standard InChI is InChI=1S/C11H8ClFNO2/c1-16-11(15)10(12)5-7-2-3-9(13)4-8(7)6-14/h2,4,10H,5H2,1H3. The number of benzene rings is 1. The van der Waals surface area contributed by atoms with Crippen LogP contribution >= 0.6 is 11.6 Å². The van der Waals surface area contributed by atoms with Gasteiger partial charge in [-0.1, -0.05) is 0 Å². The van der Waals surface area contributed by atoms with E-state index in [0.717, 1.165) is 6.07 Å². The number of ether oxygens (including phenoxy) is 1. The fourth-order valence-corrected chi connectivity index (χ4v) is 1.43. The zero-order chi connectivity index (χ0) is 12.1. The van der Waals surface area contributed by atoms with E-state index in [-0.39, 0.29) is 12.0 Å². The van der Waals surface area contributed by atoms with Crippen LogP contribution in [-0.4, -0.2) is 18.5 Å². The van der Waals surface area contributed by atoms with Crippen molar-refractivity contribution in [3.05, 3.63) is 35.1 Å². The Morgan fingerprint density at radius 1 is 1.81 bits per heavy atom. The van der Waals surface area contributed by atoms with Gasteiger partial charge in [-0.15, -0.1) is 11.6 Å². The van der Waals surface area contributed by atoms with Gasteiger partial charge in [0.2, 0.25) is 0 Å². The molecule has 3 nitrogen and oxygen atoms in total. The summed E-state index contributed by atoms with van der Waals surface area (Å²) in [5.74, 6) is -1.21. The van der Waals surface area contributed by atoms with Crippen molar-refractivity contribution in [3.8, 4) is 6.07 Å². The highest BCUT2D eigenvalue weighted by molar-refractivity contribution is 6.30. The quantitative estimate of drug-likeness (QED) is 0.598. The number of carbonyl (C=O) groups is 1. The lowest BCUT2D eigenvalue weighted by molar-refractivity contribution is -0.140. The lowest BCUT2D eigenvalue weighted by Gasteiger charge is -2.08. The van der Waals surface area contributed by atoms with Crippen LogP contribution in [0.1, 0.15) is 11.1 Å². The normalized spacial score (nSPS) is 11.6. The average molecular weight is 241 g/mol. The number of rotatable bonds is 3. The number of hydrogen-bond donors (Lipinski definition) is 0. The minimum absolute atomic E-state index is 0.105. The SMILES string of the molecule is COC(=O)C(Cl)Cc1c[c]c(F)cc1C#N. The number of halogens is 2.